The zero-order valence-corrected chi connectivity index (χ0v) is 11.1. The topological polar surface area (TPSA) is 80.9 Å². The highest BCUT2D eigenvalue weighted by molar-refractivity contribution is 7.15. The highest BCUT2D eigenvalue weighted by atomic mass is 32.1. The molecule has 7 heteroatoms. The summed E-state index contributed by atoms with van der Waals surface area (Å²) in [5.41, 5.74) is 6.39. The molecule has 0 aliphatic carbocycles. The van der Waals surface area contributed by atoms with Crippen molar-refractivity contribution < 1.29 is 9.18 Å². The molecule has 0 aliphatic heterocycles. The molecule has 1 unspecified atom stereocenters. The largest absolute Gasteiger partial charge is 0.322 e. The van der Waals surface area contributed by atoms with Crippen molar-refractivity contribution in [3.8, 4) is 0 Å². The second-order valence-corrected chi connectivity index (χ2v) is 5.09. The van der Waals surface area contributed by atoms with Crippen LogP contribution in [0.4, 0.5) is 9.52 Å². The maximum atomic E-state index is 12.7. The third kappa shape index (κ3) is 3.80. The lowest BCUT2D eigenvalue weighted by atomic mass is 10.1. The molecule has 0 fully saturated rings. The first-order valence-corrected chi connectivity index (χ1v) is 6.49. The molecule has 100 valence electrons. The number of nitrogens with zero attached hydrogens (tertiary/aromatic N) is 2. The van der Waals surface area contributed by atoms with E-state index in [9.17, 15) is 9.18 Å². The Morgan fingerprint density at radius 1 is 1.42 bits per heavy atom. The minimum absolute atomic E-state index is 0.160. The number of aromatic nitrogens is 2. The first-order valence-electron chi connectivity index (χ1n) is 5.68. The van der Waals surface area contributed by atoms with Crippen molar-refractivity contribution in [3.05, 3.63) is 40.7 Å². The Balaban J connectivity index is 1.95. The van der Waals surface area contributed by atoms with Gasteiger partial charge in [-0.2, -0.15) is 0 Å². The number of hydrogen-bond acceptors (Lipinski definition) is 5. The summed E-state index contributed by atoms with van der Waals surface area (Å²) in [5.74, 6) is -0.547. The number of nitrogens with one attached hydrogen (secondary N) is 1. The van der Waals surface area contributed by atoms with Gasteiger partial charge in [0, 0.05) is 0 Å². The van der Waals surface area contributed by atoms with E-state index in [2.05, 4.69) is 15.5 Å². The summed E-state index contributed by atoms with van der Waals surface area (Å²) >= 11 is 1.24. The number of hydrogen-bond donors (Lipinski definition) is 2. The zero-order valence-electron chi connectivity index (χ0n) is 10.3. The Morgan fingerprint density at radius 3 is 2.68 bits per heavy atom. The van der Waals surface area contributed by atoms with Crippen molar-refractivity contribution in [2.45, 2.75) is 19.4 Å². The second-order valence-electron chi connectivity index (χ2n) is 4.09. The first kappa shape index (κ1) is 13.6. The van der Waals surface area contributed by atoms with Gasteiger partial charge in [0.1, 0.15) is 10.8 Å². The molecular weight excluding hydrogens is 267 g/mol. The van der Waals surface area contributed by atoms with Crippen LogP contribution in [0.2, 0.25) is 0 Å². The van der Waals surface area contributed by atoms with Crippen molar-refractivity contribution in [2.24, 2.45) is 5.73 Å². The Hall–Kier alpha value is -1.86. The molecule has 2 rings (SSSR count). The molecule has 0 saturated carbocycles. The van der Waals surface area contributed by atoms with Crippen LogP contribution in [0.15, 0.2) is 24.3 Å². The van der Waals surface area contributed by atoms with Gasteiger partial charge >= 0.3 is 0 Å². The quantitative estimate of drug-likeness (QED) is 0.896. The van der Waals surface area contributed by atoms with Crippen LogP contribution in [0.1, 0.15) is 23.5 Å². The predicted octanol–water partition coefficient (Wildman–Crippen LogP) is 1.88. The van der Waals surface area contributed by atoms with Gasteiger partial charge < -0.3 is 11.1 Å². The molecule has 2 aromatic rings. The highest BCUT2D eigenvalue weighted by Crippen LogP contribution is 2.19. The normalized spacial score (nSPS) is 12.2. The molecule has 5 nitrogen and oxygen atoms in total. The monoisotopic (exact) mass is 280 g/mol. The molecular formula is C12H13FN4OS. The minimum Gasteiger partial charge on any atom is -0.322 e. The van der Waals surface area contributed by atoms with E-state index in [1.54, 1.807) is 19.1 Å². The number of rotatable bonds is 4. The summed E-state index contributed by atoms with van der Waals surface area (Å²) in [7, 11) is 0. The van der Waals surface area contributed by atoms with Crippen LogP contribution in [-0.4, -0.2) is 16.1 Å². The van der Waals surface area contributed by atoms with Gasteiger partial charge in [0.15, 0.2) is 0 Å². The number of carbonyl (C=O) groups is 1. The smallest absolute Gasteiger partial charge is 0.230 e. The van der Waals surface area contributed by atoms with Crippen LogP contribution in [0.5, 0.6) is 0 Å². The molecule has 0 radical (unpaired) electrons. The van der Waals surface area contributed by atoms with E-state index in [4.69, 9.17) is 5.73 Å². The number of carbonyl (C=O) groups excluding carboxylic acids is 1. The molecule has 1 amide bonds. The third-order valence-corrected chi connectivity index (χ3v) is 3.39. The number of halogens is 1. The van der Waals surface area contributed by atoms with Gasteiger partial charge in [0.2, 0.25) is 11.0 Å². The summed E-state index contributed by atoms with van der Waals surface area (Å²) < 4.78 is 12.7. The molecule has 0 bridgehead atoms. The third-order valence-electron chi connectivity index (χ3n) is 2.35. The summed E-state index contributed by atoms with van der Waals surface area (Å²) in [6, 6.07) is 5.58. The van der Waals surface area contributed by atoms with Gasteiger partial charge in [-0.15, -0.1) is 10.2 Å². The van der Waals surface area contributed by atoms with Crippen molar-refractivity contribution in [2.75, 3.05) is 5.32 Å². The van der Waals surface area contributed by atoms with Gasteiger partial charge in [-0.3, -0.25) is 4.79 Å². The molecule has 1 aromatic carbocycles. The maximum absolute atomic E-state index is 12.7. The fourth-order valence-corrected chi connectivity index (χ4v) is 2.13. The SMILES string of the molecule is CC(N)c1nnc(NC(=O)Cc2ccc(F)cc2)s1. The van der Waals surface area contributed by atoms with Crippen LogP contribution >= 0.6 is 11.3 Å². The van der Waals surface area contributed by atoms with Crippen molar-refractivity contribution >= 4 is 22.4 Å². The number of amides is 1. The Labute approximate surface area is 113 Å². The van der Waals surface area contributed by atoms with Crippen molar-refractivity contribution in [3.63, 3.8) is 0 Å². The maximum Gasteiger partial charge on any atom is 0.230 e. The highest BCUT2D eigenvalue weighted by Gasteiger charge is 2.11. The van der Waals surface area contributed by atoms with Gasteiger partial charge in [-0.05, 0) is 24.6 Å². The summed E-state index contributed by atoms with van der Waals surface area (Å²) in [5, 5.41) is 11.4. The van der Waals surface area contributed by atoms with E-state index in [-0.39, 0.29) is 24.2 Å². The van der Waals surface area contributed by atoms with E-state index >= 15 is 0 Å². The lowest BCUT2D eigenvalue weighted by Crippen LogP contribution is -2.14. The molecule has 1 atom stereocenters. The van der Waals surface area contributed by atoms with Crippen LogP contribution in [-0.2, 0) is 11.2 Å². The summed E-state index contributed by atoms with van der Waals surface area (Å²) in [6.45, 7) is 1.80. The average molecular weight is 280 g/mol. The molecule has 19 heavy (non-hydrogen) atoms. The fourth-order valence-electron chi connectivity index (χ4n) is 1.42. The lowest BCUT2D eigenvalue weighted by molar-refractivity contribution is -0.115. The van der Waals surface area contributed by atoms with Crippen LogP contribution in [0, 0.1) is 5.82 Å². The van der Waals surface area contributed by atoms with Gasteiger partial charge in [0.25, 0.3) is 0 Å². The molecule has 0 aliphatic rings. The first-order chi connectivity index (χ1) is 9.04. The van der Waals surface area contributed by atoms with Crippen molar-refractivity contribution in [1.29, 1.82) is 0 Å². The Kier molecular flexibility index (Phi) is 4.18. The van der Waals surface area contributed by atoms with E-state index < -0.39 is 0 Å². The Bertz CT molecular complexity index is 567. The van der Waals surface area contributed by atoms with Crippen molar-refractivity contribution in [1.82, 2.24) is 10.2 Å². The van der Waals surface area contributed by atoms with E-state index in [1.807, 2.05) is 0 Å². The number of nitrogens with two attached hydrogens (primary N) is 1. The average Bonchev–Trinajstić information content (AvgIpc) is 2.80. The van der Waals surface area contributed by atoms with Gasteiger partial charge in [0.05, 0.1) is 12.5 Å². The number of anilines is 1. The van der Waals surface area contributed by atoms with Crippen LogP contribution in [0.3, 0.4) is 0 Å². The summed E-state index contributed by atoms with van der Waals surface area (Å²) in [4.78, 5) is 11.7. The predicted molar refractivity (Wildman–Crippen MR) is 71.2 cm³/mol. The molecule has 1 aromatic heterocycles. The van der Waals surface area contributed by atoms with E-state index in [0.29, 0.717) is 10.1 Å². The Morgan fingerprint density at radius 2 is 2.11 bits per heavy atom. The minimum atomic E-state index is -0.324. The summed E-state index contributed by atoms with van der Waals surface area (Å²) in [6.07, 6.45) is 0.160. The molecule has 1 heterocycles. The van der Waals surface area contributed by atoms with E-state index in [1.165, 1.54) is 23.5 Å². The van der Waals surface area contributed by atoms with Crippen LogP contribution in [0.25, 0.3) is 0 Å². The van der Waals surface area contributed by atoms with Crippen LogP contribution < -0.4 is 11.1 Å². The fraction of sp³-hybridized carbons (Fsp3) is 0.250. The van der Waals surface area contributed by atoms with E-state index in [0.717, 1.165) is 5.56 Å². The zero-order chi connectivity index (χ0) is 13.8. The molecule has 0 spiro atoms. The lowest BCUT2D eigenvalue weighted by Gasteiger charge is -2.01. The standard InChI is InChI=1S/C12H13FN4OS/c1-7(14)11-16-17-12(19-11)15-10(18)6-8-2-4-9(13)5-3-8/h2-5,7H,6,14H2,1H3,(H,15,17,18). The second kappa shape index (κ2) is 5.85. The number of benzene rings is 1. The molecule has 0 saturated heterocycles. The molecule has 3 N–H and O–H groups in total. The van der Waals surface area contributed by atoms with Gasteiger partial charge in [-0.25, -0.2) is 4.39 Å². The van der Waals surface area contributed by atoms with Gasteiger partial charge in [-0.1, -0.05) is 23.5 Å².